The Balaban J connectivity index is 2.23. The van der Waals surface area contributed by atoms with E-state index in [9.17, 15) is 0 Å². The predicted molar refractivity (Wildman–Crippen MR) is 64.2 cm³/mol. The van der Waals surface area contributed by atoms with Gasteiger partial charge in [0.2, 0.25) is 5.96 Å². The number of benzene rings is 1. The lowest BCUT2D eigenvalue weighted by atomic mass is 10.2. The van der Waals surface area contributed by atoms with Gasteiger partial charge >= 0.3 is 0 Å². The number of aryl methyl sites for hydroxylation is 1. The van der Waals surface area contributed by atoms with Crippen LogP contribution in [0.1, 0.15) is 0 Å². The van der Waals surface area contributed by atoms with E-state index in [1.807, 2.05) is 24.2 Å². The van der Waals surface area contributed by atoms with Gasteiger partial charge in [0.25, 0.3) is 0 Å². The molecule has 0 saturated heterocycles. The van der Waals surface area contributed by atoms with Crippen molar-refractivity contribution in [3.63, 3.8) is 0 Å². The number of rotatable bonds is 0. The summed E-state index contributed by atoms with van der Waals surface area (Å²) in [7, 11) is 2.02. The zero-order valence-electron chi connectivity index (χ0n) is 9.46. The van der Waals surface area contributed by atoms with Crippen molar-refractivity contribution in [2.45, 2.75) is 0 Å². The molecular formula is C12H11N5. The Bertz CT molecular complexity index is 768. The minimum atomic E-state index is 0.739. The van der Waals surface area contributed by atoms with Gasteiger partial charge < -0.3 is 4.57 Å². The molecule has 0 spiro atoms. The van der Waals surface area contributed by atoms with Crippen LogP contribution in [0.15, 0.2) is 39.4 Å². The summed E-state index contributed by atoms with van der Waals surface area (Å²) >= 11 is 0. The lowest BCUT2D eigenvalue weighted by molar-refractivity contribution is 0.457. The number of nitrogens with zero attached hydrogens (tertiary/aromatic N) is 5. The average Bonchev–Trinajstić information content (AvgIpc) is 2.92. The van der Waals surface area contributed by atoms with Crippen LogP contribution in [0.3, 0.4) is 0 Å². The summed E-state index contributed by atoms with van der Waals surface area (Å²) < 4.78 is 2.08. The van der Waals surface area contributed by atoms with Crippen LogP contribution in [0.25, 0.3) is 10.9 Å². The van der Waals surface area contributed by atoms with E-state index < -0.39 is 0 Å². The highest BCUT2D eigenvalue weighted by atomic mass is 15.5. The summed E-state index contributed by atoms with van der Waals surface area (Å²) in [6, 6.07) is 8.25. The Kier molecular flexibility index (Phi) is 1.54. The van der Waals surface area contributed by atoms with Gasteiger partial charge in [0.15, 0.2) is 5.49 Å². The minimum absolute atomic E-state index is 0.739. The fourth-order valence-corrected chi connectivity index (χ4v) is 2.42. The van der Waals surface area contributed by atoms with Crippen molar-refractivity contribution in [1.29, 1.82) is 0 Å². The van der Waals surface area contributed by atoms with Gasteiger partial charge in [-0.2, -0.15) is 10.1 Å². The monoisotopic (exact) mass is 225 g/mol. The molecule has 1 aromatic carbocycles. The molecule has 0 fully saturated rings. The smallest absolute Gasteiger partial charge is 0.243 e. The number of fused-ring (bicyclic) bond motifs is 4. The summed E-state index contributed by atoms with van der Waals surface area (Å²) in [4.78, 5) is 8.93. The standard InChI is InChI=1S/C12H11N5/c1-16-9-5-3-2-4-8(9)10-11(16)14-12-13-6-7-17(12)15-10/h2-5H,6-7H2,1H3. The first-order chi connectivity index (χ1) is 8.34. The molecule has 3 heterocycles. The Morgan fingerprint density at radius 1 is 1.24 bits per heavy atom. The van der Waals surface area contributed by atoms with Crippen LogP contribution in [-0.2, 0) is 7.05 Å². The van der Waals surface area contributed by atoms with Gasteiger partial charge in [0, 0.05) is 12.4 Å². The van der Waals surface area contributed by atoms with Crippen molar-refractivity contribution in [1.82, 2.24) is 9.58 Å². The second-order valence-corrected chi connectivity index (χ2v) is 4.27. The van der Waals surface area contributed by atoms with E-state index in [0.29, 0.717) is 0 Å². The third kappa shape index (κ3) is 1.06. The first kappa shape index (κ1) is 8.92. The van der Waals surface area contributed by atoms with Crippen molar-refractivity contribution in [3.05, 3.63) is 35.1 Å². The maximum Gasteiger partial charge on any atom is 0.243 e. The van der Waals surface area contributed by atoms with Gasteiger partial charge in [-0.25, -0.2) is 10.0 Å². The molecule has 5 nitrogen and oxygen atoms in total. The molecule has 4 rings (SSSR count). The number of para-hydroxylation sites is 1. The molecule has 0 unspecified atom stereocenters. The summed E-state index contributed by atoms with van der Waals surface area (Å²) in [6.07, 6.45) is 0. The molecule has 5 heteroatoms. The van der Waals surface area contributed by atoms with E-state index in [0.717, 1.165) is 40.8 Å². The molecule has 17 heavy (non-hydrogen) atoms. The number of hydrogen-bond acceptors (Lipinski definition) is 4. The van der Waals surface area contributed by atoms with Gasteiger partial charge in [-0.3, -0.25) is 0 Å². The van der Waals surface area contributed by atoms with E-state index in [1.54, 1.807) is 0 Å². The number of guanidine groups is 1. The van der Waals surface area contributed by atoms with Crippen LogP contribution < -0.4 is 10.8 Å². The lowest BCUT2D eigenvalue weighted by Gasteiger charge is -2.12. The Morgan fingerprint density at radius 3 is 3.06 bits per heavy atom. The van der Waals surface area contributed by atoms with Crippen molar-refractivity contribution in [3.8, 4) is 0 Å². The number of aliphatic imine (C=N–C) groups is 1. The van der Waals surface area contributed by atoms with Crippen molar-refractivity contribution >= 4 is 16.9 Å². The molecule has 0 aliphatic carbocycles. The summed E-state index contributed by atoms with van der Waals surface area (Å²) in [6.45, 7) is 1.62. The molecule has 0 N–H and O–H groups in total. The van der Waals surface area contributed by atoms with Crippen molar-refractivity contribution < 1.29 is 0 Å². The van der Waals surface area contributed by atoms with Gasteiger partial charge in [-0.05, 0) is 6.07 Å². The Labute approximate surface area is 97.4 Å². The van der Waals surface area contributed by atoms with Crippen LogP contribution in [0, 0.1) is 0 Å². The molecule has 0 atom stereocenters. The largest absolute Gasteiger partial charge is 0.327 e. The van der Waals surface area contributed by atoms with Crippen LogP contribution in [0.4, 0.5) is 0 Å². The first-order valence-electron chi connectivity index (χ1n) is 5.67. The fourth-order valence-electron chi connectivity index (χ4n) is 2.42. The van der Waals surface area contributed by atoms with Crippen molar-refractivity contribution in [2.24, 2.45) is 22.1 Å². The third-order valence-corrected chi connectivity index (χ3v) is 3.27. The van der Waals surface area contributed by atoms with E-state index in [2.05, 4.69) is 31.8 Å². The Hall–Kier alpha value is -2.17. The fraction of sp³-hybridized carbons (Fsp3) is 0.250. The van der Waals surface area contributed by atoms with Crippen LogP contribution >= 0.6 is 0 Å². The average molecular weight is 225 g/mol. The van der Waals surface area contributed by atoms with E-state index >= 15 is 0 Å². The SMILES string of the molecule is Cn1c2c(c3ccccc31)=NN1CCN=C1N=2. The first-order valence-corrected chi connectivity index (χ1v) is 5.67. The molecule has 0 amide bonds. The van der Waals surface area contributed by atoms with E-state index in [4.69, 9.17) is 0 Å². The van der Waals surface area contributed by atoms with Gasteiger partial charge in [0.1, 0.15) is 5.36 Å². The normalized spacial score (nSPS) is 17.2. The predicted octanol–water partition coefficient (Wildman–Crippen LogP) is 0.0177. The van der Waals surface area contributed by atoms with Crippen LogP contribution in [0.2, 0.25) is 0 Å². The van der Waals surface area contributed by atoms with E-state index in [1.165, 1.54) is 0 Å². The summed E-state index contributed by atoms with van der Waals surface area (Å²) in [5.41, 5.74) is 2.06. The van der Waals surface area contributed by atoms with Gasteiger partial charge in [-0.1, -0.05) is 18.2 Å². The molecule has 84 valence electrons. The van der Waals surface area contributed by atoms with Gasteiger partial charge in [0.05, 0.1) is 18.6 Å². The summed E-state index contributed by atoms with van der Waals surface area (Å²) in [5.74, 6) is 0.739. The highest BCUT2D eigenvalue weighted by Crippen LogP contribution is 2.10. The molecule has 0 saturated carbocycles. The Morgan fingerprint density at radius 2 is 2.12 bits per heavy atom. The highest BCUT2D eigenvalue weighted by Gasteiger charge is 2.21. The minimum Gasteiger partial charge on any atom is -0.327 e. The quantitative estimate of drug-likeness (QED) is 0.623. The summed E-state index contributed by atoms with van der Waals surface area (Å²) in [5, 5.41) is 8.64. The topological polar surface area (TPSA) is 45.2 Å². The molecule has 2 aromatic rings. The second kappa shape index (κ2) is 2.94. The van der Waals surface area contributed by atoms with E-state index in [-0.39, 0.29) is 0 Å². The molecular weight excluding hydrogens is 214 g/mol. The number of hydrogen-bond donors (Lipinski definition) is 0. The molecule has 2 aliphatic rings. The molecule has 0 radical (unpaired) electrons. The van der Waals surface area contributed by atoms with Gasteiger partial charge in [-0.15, -0.1) is 0 Å². The van der Waals surface area contributed by atoms with Crippen LogP contribution in [-0.4, -0.2) is 28.6 Å². The second-order valence-electron chi connectivity index (χ2n) is 4.27. The highest BCUT2D eigenvalue weighted by molar-refractivity contribution is 5.85. The molecule has 1 aromatic heterocycles. The zero-order valence-corrected chi connectivity index (χ0v) is 9.46. The maximum atomic E-state index is 4.64. The van der Waals surface area contributed by atoms with Crippen LogP contribution in [0.5, 0.6) is 0 Å². The maximum absolute atomic E-state index is 4.64. The lowest BCUT2D eigenvalue weighted by Crippen LogP contribution is -2.39. The number of aromatic nitrogens is 1. The molecule has 0 bridgehead atoms. The zero-order chi connectivity index (χ0) is 11.4. The third-order valence-electron chi connectivity index (χ3n) is 3.27. The van der Waals surface area contributed by atoms with Crippen molar-refractivity contribution in [2.75, 3.05) is 13.1 Å². The molecule has 2 aliphatic heterocycles.